The molecule has 29 heavy (non-hydrogen) atoms. The Labute approximate surface area is 166 Å². The highest BCUT2D eigenvalue weighted by atomic mass is 16.2. The number of pyridine rings is 1. The minimum atomic E-state index is -0.286. The summed E-state index contributed by atoms with van der Waals surface area (Å²) in [5.74, 6) is 0.136. The summed E-state index contributed by atoms with van der Waals surface area (Å²) >= 11 is 0. The van der Waals surface area contributed by atoms with Crippen molar-refractivity contribution in [3.05, 3.63) is 64.8 Å². The zero-order valence-electron chi connectivity index (χ0n) is 15.7. The van der Waals surface area contributed by atoms with Crippen molar-refractivity contribution >= 4 is 22.8 Å². The Balaban J connectivity index is 1.39. The number of carbonyl (C=O) groups is 1. The molecular weight excluding hydrogens is 368 g/mol. The maximum Gasteiger partial charge on any atom is 0.326 e. The first kappa shape index (κ1) is 17.4. The van der Waals surface area contributed by atoms with Crippen LogP contribution < -0.4 is 11.0 Å². The SMILES string of the molecule is O=C(Nc1cc(-c2cccnc2)[nH]n1)c1ccc2c(c1)[nH]c(=O)n2C1CCCC1. The number of aromatic amines is 2. The second-order valence-corrected chi connectivity index (χ2v) is 7.33. The van der Waals surface area contributed by atoms with E-state index in [1.54, 1.807) is 30.6 Å². The molecule has 8 nitrogen and oxygen atoms in total. The molecule has 0 atom stereocenters. The fourth-order valence-electron chi connectivity index (χ4n) is 4.04. The van der Waals surface area contributed by atoms with Gasteiger partial charge in [-0.1, -0.05) is 12.8 Å². The van der Waals surface area contributed by atoms with Gasteiger partial charge in [0.25, 0.3) is 5.91 Å². The van der Waals surface area contributed by atoms with Gasteiger partial charge in [0.15, 0.2) is 5.82 Å². The number of amides is 1. The normalized spacial score (nSPS) is 14.5. The van der Waals surface area contributed by atoms with Crippen LogP contribution in [0.15, 0.2) is 53.6 Å². The summed E-state index contributed by atoms with van der Waals surface area (Å²) in [7, 11) is 0. The van der Waals surface area contributed by atoms with E-state index in [1.807, 2.05) is 22.8 Å². The Kier molecular flexibility index (Phi) is 4.23. The average Bonchev–Trinajstić information content (AvgIpc) is 3.47. The van der Waals surface area contributed by atoms with Crippen molar-refractivity contribution in [3.8, 4) is 11.3 Å². The molecule has 0 saturated heterocycles. The minimum Gasteiger partial charge on any atom is -0.306 e. The van der Waals surface area contributed by atoms with Gasteiger partial charge in [-0.05, 0) is 43.2 Å². The van der Waals surface area contributed by atoms with Crippen LogP contribution in [0.25, 0.3) is 22.3 Å². The average molecular weight is 388 g/mol. The number of anilines is 1. The largest absolute Gasteiger partial charge is 0.326 e. The summed E-state index contributed by atoms with van der Waals surface area (Å²) in [5, 5.41) is 9.83. The fraction of sp³-hybridized carbons (Fsp3) is 0.238. The van der Waals surface area contributed by atoms with Gasteiger partial charge in [0.05, 0.1) is 16.7 Å². The molecule has 146 valence electrons. The third-order valence-corrected chi connectivity index (χ3v) is 5.46. The number of H-pyrrole nitrogens is 2. The number of rotatable bonds is 4. The fourth-order valence-corrected chi connectivity index (χ4v) is 4.04. The maximum absolute atomic E-state index is 12.7. The van der Waals surface area contributed by atoms with Crippen LogP contribution in [0.1, 0.15) is 42.1 Å². The summed E-state index contributed by atoms with van der Waals surface area (Å²) in [6.07, 6.45) is 7.76. The van der Waals surface area contributed by atoms with Crippen LogP contribution in [0.5, 0.6) is 0 Å². The van der Waals surface area contributed by atoms with E-state index in [0.717, 1.165) is 42.5 Å². The molecule has 3 aromatic heterocycles. The van der Waals surface area contributed by atoms with Gasteiger partial charge >= 0.3 is 5.69 Å². The van der Waals surface area contributed by atoms with E-state index in [9.17, 15) is 9.59 Å². The van der Waals surface area contributed by atoms with E-state index in [2.05, 4.69) is 25.5 Å². The van der Waals surface area contributed by atoms with Gasteiger partial charge in [-0.2, -0.15) is 5.10 Å². The highest BCUT2D eigenvalue weighted by Gasteiger charge is 2.21. The highest BCUT2D eigenvalue weighted by Crippen LogP contribution is 2.30. The Hall–Kier alpha value is -3.68. The summed E-state index contributed by atoms with van der Waals surface area (Å²) in [6, 6.07) is 11.0. The second kappa shape index (κ2) is 7.05. The summed E-state index contributed by atoms with van der Waals surface area (Å²) in [6.45, 7) is 0. The summed E-state index contributed by atoms with van der Waals surface area (Å²) < 4.78 is 1.83. The van der Waals surface area contributed by atoms with Gasteiger partial charge in [-0.25, -0.2) is 4.79 Å². The number of hydrogen-bond acceptors (Lipinski definition) is 4. The third-order valence-electron chi connectivity index (χ3n) is 5.46. The van der Waals surface area contributed by atoms with Crippen LogP contribution >= 0.6 is 0 Å². The number of imidazole rings is 1. The van der Waals surface area contributed by atoms with Crippen LogP contribution in [-0.4, -0.2) is 30.6 Å². The lowest BCUT2D eigenvalue weighted by Gasteiger charge is -2.11. The van der Waals surface area contributed by atoms with E-state index in [4.69, 9.17) is 0 Å². The van der Waals surface area contributed by atoms with Crippen LogP contribution in [-0.2, 0) is 0 Å². The number of hydrogen-bond donors (Lipinski definition) is 3. The van der Waals surface area contributed by atoms with Crippen molar-refractivity contribution in [1.82, 2.24) is 24.7 Å². The number of aromatic nitrogens is 5. The molecule has 1 aliphatic carbocycles. The smallest absolute Gasteiger partial charge is 0.306 e. The van der Waals surface area contributed by atoms with Crippen molar-refractivity contribution in [2.24, 2.45) is 0 Å². The van der Waals surface area contributed by atoms with Crippen molar-refractivity contribution in [2.45, 2.75) is 31.7 Å². The van der Waals surface area contributed by atoms with Gasteiger partial charge in [0.2, 0.25) is 0 Å². The topological polar surface area (TPSA) is 108 Å². The van der Waals surface area contributed by atoms with E-state index in [1.165, 1.54) is 0 Å². The molecule has 3 heterocycles. The minimum absolute atomic E-state index is 0.113. The molecule has 0 bridgehead atoms. The molecule has 1 aliphatic rings. The molecule has 1 aromatic carbocycles. The van der Waals surface area contributed by atoms with Crippen LogP contribution in [0.2, 0.25) is 0 Å². The quantitative estimate of drug-likeness (QED) is 0.497. The predicted octanol–water partition coefficient (Wildman–Crippen LogP) is 3.48. The first-order valence-corrected chi connectivity index (χ1v) is 9.70. The molecule has 8 heteroatoms. The van der Waals surface area contributed by atoms with E-state index in [0.29, 0.717) is 16.9 Å². The number of nitrogens with one attached hydrogen (secondary N) is 3. The molecule has 0 aliphatic heterocycles. The van der Waals surface area contributed by atoms with Gasteiger partial charge in [-0.3, -0.25) is 19.4 Å². The lowest BCUT2D eigenvalue weighted by Crippen LogP contribution is -2.20. The van der Waals surface area contributed by atoms with Gasteiger partial charge in [0.1, 0.15) is 0 Å². The number of fused-ring (bicyclic) bond motifs is 1. The molecular formula is C21H20N6O2. The highest BCUT2D eigenvalue weighted by molar-refractivity contribution is 6.05. The van der Waals surface area contributed by atoms with Gasteiger partial charge in [-0.15, -0.1) is 0 Å². The first-order valence-electron chi connectivity index (χ1n) is 9.70. The standard InChI is InChI=1S/C21H20N6O2/c28-20(24-19-11-16(25-26-19)14-4-3-9-22-12-14)13-7-8-18-17(10-13)23-21(29)27(18)15-5-1-2-6-15/h3-4,7-12,15H,1-2,5-6H2,(H,23,29)(H2,24,25,26,28). The number of carbonyl (C=O) groups excluding carboxylic acids is 1. The molecule has 1 amide bonds. The lowest BCUT2D eigenvalue weighted by atomic mass is 10.1. The zero-order chi connectivity index (χ0) is 19.8. The number of nitrogens with zero attached hydrogens (tertiary/aromatic N) is 3. The van der Waals surface area contributed by atoms with Crippen molar-refractivity contribution in [1.29, 1.82) is 0 Å². The van der Waals surface area contributed by atoms with E-state index in [-0.39, 0.29) is 17.6 Å². The Morgan fingerprint density at radius 2 is 2.03 bits per heavy atom. The van der Waals surface area contributed by atoms with Crippen molar-refractivity contribution in [2.75, 3.05) is 5.32 Å². The molecule has 0 unspecified atom stereocenters. The Bertz CT molecular complexity index is 1230. The summed E-state index contributed by atoms with van der Waals surface area (Å²) in [5.41, 5.74) is 3.51. The predicted molar refractivity (Wildman–Crippen MR) is 110 cm³/mol. The van der Waals surface area contributed by atoms with Gasteiger partial charge in [0, 0.05) is 35.6 Å². The Morgan fingerprint density at radius 3 is 2.83 bits per heavy atom. The van der Waals surface area contributed by atoms with Crippen LogP contribution in [0, 0.1) is 0 Å². The molecule has 4 aromatic rings. The molecule has 5 rings (SSSR count). The summed E-state index contributed by atoms with van der Waals surface area (Å²) in [4.78, 5) is 32.1. The molecule has 1 fully saturated rings. The van der Waals surface area contributed by atoms with Gasteiger partial charge < -0.3 is 10.3 Å². The molecule has 1 saturated carbocycles. The molecule has 3 N–H and O–H groups in total. The zero-order valence-corrected chi connectivity index (χ0v) is 15.7. The first-order chi connectivity index (χ1) is 14.2. The van der Waals surface area contributed by atoms with Crippen molar-refractivity contribution in [3.63, 3.8) is 0 Å². The van der Waals surface area contributed by atoms with Crippen LogP contribution in [0.4, 0.5) is 5.82 Å². The second-order valence-electron chi connectivity index (χ2n) is 7.33. The lowest BCUT2D eigenvalue weighted by molar-refractivity contribution is 0.102. The Morgan fingerprint density at radius 1 is 1.17 bits per heavy atom. The molecule has 0 radical (unpaired) electrons. The van der Waals surface area contributed by atoms with E-state index >= 15 is 0 Å². The molecule has 0 spiro atoms. The number of benzene rings is 1. The monoisotopic (exact) mass is 388 g/mol. The maximum atomic E-state index is 12.7. The van der Waals surface area contributed by atoms with Crippen molar-refractivity contribution < 1.29 is 4.79 Å². The third kappa shape index (κ3) is 3.22. The van der Waals surface area contributed by atoms with Crippen LogP contribution in [0.3, 0.4) is 0 Å². The van der Waals surface area contributed by atoms with E-state index < -0.39 is 0 Å².